The van der Waals surface area contributed by atoms with E-state index < -0.39 is 0 Å². The van der Waals surface area contributed by atoms with Gasteiger partial charge >= 0.3 is 0 Å². The molecule has 0 spiro atoms. The summed E-state index contributed by atoms with van der Waals surface area (Å²) >= 11 is 0. The third kappa shape index (κ3) is 3.09. The molecule has 1 fully saturated rings. The van der Waals surface area contributed by atoms with Gasteiger partial charge in [0.25, 0.3) is 0 Å². The first-order chi connectivity index (χ1) is 13.8. The molecule has 0 radical (unpaired) electrons. The van der Waals surface area contributed by atoms with Gasteiger partial charge in [0.2, 0.25) is 0 Å². The van der Waals surface area contributed by atoms with Crippen molar-refractivity contribution in [3.63, 3.8) is 0 Å². The Balaban J connectivity index is 1.42. The Labute approximate surface area is 164 Å². The molecule has 5 heteroatoms. The van der Waals surface area contributed by atoms with E-state index in [0.717, 1.165) is 42.8 Å². The molecule has 1 N–H and O–H groups in total. The van der Waals surface area contributed by atoms with Crippen molar-refractivity contribution in [1.82, 2.24) is 15.2 Å². The summed E-state index contributed by atoms with van der Waals surface area (Å²) in [6.07, 6.45) is 5.71. The Hall–Kier alpha value is -3.34. The lowest BCUT2D eigenvalue weighted by Gasteiger charge is -2.37. The third-order valence-electron chi connectivity index (χ3n) is 5.57. The summed E-state index contributed by atoms with van der Waals surface area (Å²) in [5, 5.41) is 8.17. The largest absolute Gasteiger partial charge is 0.368 e. The fraction of sp³-hybridized carbons (Fsp3) is 0.217. The van der Waals surface area contributed by atoms with Gasteiger partial charge in [-0.15, -0.1) is 0 Å². The van der Waals surface area contributed by atoms with E-state index in [4.69, 9.17) is 0 Å². The highest BCUT2D eigenvalue weighted by Crippen LogP contribution is 2.31. The predicted octanol–water partition coefficient (Wildman–Crippen LogP) is 4.26. The van der Waals surface area contributed by atoms with E-state index in [0.29, 0.717) is 0 Å². The number of aromatic amines is 1. The standard InChI is InChI=1S/C23H23N5/c1-17-2-5-20(6-3-17)27-10-12-28(13-11-27)23-8-9-24-22-7-4-18(14-21(22)23)19-15-25-26-16-19/h2-9,14-16H,10-13H2,1H3,(H,25,26). The highest BCUT2D eigenvalue weighted by molar-refractivity contribution is 5.94. The van der Waals surface area contributed by atoms with E-state index in [1.165, 1.54) is 22.3 Å². The molecule has 0 bridgehead atoms. The van der Waals surface area contributed by atoms with E-state index >= 15 is 0 Å². The van der Waals surface area contributed by atoms with Gasteiger partial charge in [0.1, 0.15) is 0 Å². The number of nitrogens with one attached hydrogen (secondary N) is 1. The Morgan fingerprint density at radius 2 is 1.64 bits per heavy atom. The number of rotatable bonds is 3. The number of pyridine rings is 1. The second-order valence-corrected chi connectivity index (χ2v) is 7.36. The van der Waals surface area contributed by atoms with Crippen molar-refractivity contribution in [2.75, 3.05) is 36.0 Å². The number of hydrogen-bond donors (Lipinski definition) is 1. The molecule has 140 valence electrons. The maximum atomic E-state index is 4.57. The predicted molar refractivity (Wildman–Crippen MR) is 115 cm³/mol. The van der Waals surface area contributed by atoms with Gasteiger partial charge in [-0.05, 0) is 42.8 Å². The first-order valence-electron chi connectivity index (χ1n) is 9.72. The number of aryl methyl sites for hydroxylation is 1. The van der Waals surface area contributed by atoms with Gasteiger partial charge in [0.05, 0.1) is 11.7 Å². The number of H-pyrrole nitrogens is 1. The van der Waals surface area contributed by atoms with Crippen LogP contribution in [0.1, 0.15) is 5.56 Å². The quantitative estimate of drug-likeness (QED) is 0.586. The van der Waals surface area contributed by atoms with E-state index in [1.807, 2.05) is 18.6 Å². The van der Waals surface area contributed by atoms with Gasteiger partial charge in [-0.2, -0.15) is 5.10 Å². The van der Waals surface area contributed by atoms with E-state index in [-0.39, 0.29) is 0 Å². The molecule has 28 heavy (non-hydrogen) atoms. The van der Waals surface area contributed by atoms with Crippen LogP contribution >= 0.6 is 0 Å². The molecule has 2 aromatic carbocycles. The molecular formula is C23H23N5. The fourth-order valence-corrected chi connectivity index (χ4v) is 3.96. The van der Waals surface area contributed by atoms with Crippen molar-refractivity contribution in [1.29, 1.82) is 0 Å². The lowest BCUT2D eigenvalue weighted by molar-refractivity contribution is 0.655. The van der Waals surface area contributed by atoms with Crippen molar-refractivity contribution < 1.29 is 0 Å². The molecule has 3 heterocycles. The summed E-state index contributed by atoms with van der Waals surface area (Å²) in [4.78, 5) is 9.52. The normalized spacial score (nSPS) is 14.6. The van der Waals surface area contributed by atoms with Gasteiger partial charge in [-0.1, -0.05) is 23.8 Å². The smallest absolute Gasteiger partial charge is 0.0723 e. The van der Waals surface area contributed by atoms with Crippen LogP contribution in [0.25, 0.3) is 22.0 Å². The zero-order valence-electron chi connectivity index (χ0n) is 16.0. The van der Waals surface area contributed by atoms with Gasteiger partial charge in [0.15, 0.2) is 0 Å². The second kappa shape index (κ2) is 7.00. The average molecular weight is 369 g/mol. The summed E-state index contributed by atoms with van der Waals surface area (Å²) in [5.41, 5.74) is 7.17. The monoisotopic (exact) mass is 369 g/mol. The minimum atomic E-state index is 1.00. The molecule has 5 rings (SSSR count). The van der Waals surface area contributed by atoms with E-state index in [9.17, 15) is 0 Å². The second-order valence-electron chi connectivity index (χ2n) is 7.36. The van der Waals surface area contributed by atoms with Crippen molar-refractivity contribution in [3.8, 4) is 11.1 Å². The Kier molecular flexibility index (Phi) is 4.20. The molecular weight excluding hydrogens is 346 g/mol. The van der Waals surface area contributed by atoms with Gasteiger partial charge in [0, 0.05) is 60.9 Å². The maximum absolute atomic E-state index is 4.57. The number of anilines is 2. The lowest BCUT2D eigenvalue weighted by atomic mass is 10.0. The SMILES string of the molecule is Cc1ccc(N2CCN(c3ccnc4ccc(-c5cn[nH]c5)cc34)CC2)cc1. The third-order valence-corrected chi connectivity index (χ3v) is 5.57. The molecule has 0 amide bonds. The minimum absolute atomic E-state index is 1.00. The Morgan fingerprint density at radius 3 is 2.39 bits per heavy atom. The van der Waals surface area contributed by atoms with Crippen LogP contribution in [0.15, 0.2) is 67.1 Å². The van der Waals surface area contributed by atoms with Crippen LogP contribution in [0.4, 0.5) is 11.4 Å². The molecule has 0 unspecified atom stereocenters. The summed E-state index contributed by atoms with van der Waals surface area (Å²) in [7, 11) is 0. The van der Waals surface area contributed by atoms with Gasteiger partial charge in [-0.25, -0.2) is 0 Å². The summed E-state index contributed by atoms with van der Waals surface area (Å²) in [6, 6.07) is 17.4. The molecule has 1 saturated heterocycles. The van der Waals surface area contributed by atoms with Crippen LogP contribution in [0.5, 0.6) is 0 Å². The number of piperazine rings is 1. The number of nitrogens with zero attached hydrogens (tertiary/aromatic N) is 4. The summed E-state index contributed by atoms with van der Waals surface area (Å²) in [6.45, 7) is 6.18. The zero-order chi connectivity index (χ0) is 18.9. The summed E-state index contributed by atoms with van der Waals surface area (Å²) < 4.78 is 0. The van der Waals surface area contributed by atoms with Crippen molar-refractivity contribution >= 4 is 22.3 Å². The van der Waals surface area contributed by atoms with Crippen LogP contribution in [0, 0.1) is 6.92 Å². The maximum Gasteiger partial charge on any atom is 0.0723 e. The molecule has 0 saturated carbocycles. The molecule has 0 aliphatic carbocycles. The molecule has 0 atom stereocenters. The van der Waals surface area contributed by atoms with Crippen LogP contribution in [-0.4, -0.2) is 41.4 Å². The first kappa shape index (κ1) is 16.8. The molecule has 4 aromatic rings. The highest BCUT2D eigenvalue weighted by Gasteiger charge is 2.19. The van der Waals surface area contributed by atoms with E-state index in [1.54, 1.807) is 0 Å². The van der Waals surface area contributed by atoms with Crippen LogP contribution in [0.3, 0.4) is 0 Å². The zero-order valence-corrected chi connectivity index (χ0v) is 16.0. The summed E-state index contributed by atoms with van der Waals surface area (Å²) in [5.74, 6) is 0. The van der Waals surface area contributed by atoms with Crippen molar-refractivity contribution in [2.45, 2.75) is 6.92 Å². The topological polar surface area (TPSA) is 48.1 Å². The fourth-order valence-electron chi connectivity index (χ4n) is 3.96. The van der Waals surface area contributed by atoms with Crippen molar-refractivity contribution in [2.24, 2.45) is 0 Å². The van der Waals surface area contributed by atoms with Gasteiger partial charge < -0.3 is 9.80 Å². The number of fused-ring (bicyclic) bond motifs is 1. The Morgan fingerprint density at radius 1 is 0.857 bits per heavy atom. The first-order valence-corrected chi connectivity index (χ1v) is 9.72. The highest BCUT2D eigenvalue weighted by atomic mass is 15.3. The molecule has 1 aliphatic rings. The van der Waals surface area contributed by atoms with Gasteiger partial charge in [-0.3, -0.25) is 10.1 Å². The van der Waals surface area contributed by atoms with Crippen LogP contribution < -0.4 is 9.80 Å². The number of benzene rings is 2. The van der Waals surface area contributed by atoms with Crippen molar-refractivity contribution in [3.05, 3.63) is 72.7 Å². The molecule has 1 aliphatic heterocycles. The van der Waals surface area contributed by atoms with E-state index in [2.05, 4.69) is 80.4 Å². The Bertz CT molecular complexity index is 1080. The van der Waals surface area contributed by atoms with Crippen LogP contribution in [0.2, 0.25) is 0 Å². The molecule has 5 nitrogen and oxygen atoms in total. The minimum Gasteiger partial charge on any atom is -0.368 e. The lowest BCUT2D eigenvalue weighted by Crippen LogP contribution is -2.46. The number of hydrogen-bond acceptors (Lipinski definition) is 4. The van der Waals surface area contributed by atoms with Crippen LogP contribution in [-0.2, 0) is 0 Å². The average Bonchev–Trinajstić information content (AvgIpc) is 3.29. The number of aromatic nitrogens is 3. The molecule has 2 aromatic heterocycles.